The number of hydrogen-bond donors (Lipinski definition) is 0. The molecule has 0 N–H and O–H groups in total. The van der Waals surface area contributed by atoms with Gasteiger partial charge in [0.05, 0.1) is 11.2 Å². The van der Waals surface area contributed by atoms with Gasteiger partial charge < -0.3 is 9.64 Å². The van der Waals surface area contributed by atoms with Gasteiger partial charge in [0.25, 0.3) is 0 Å². The van der Waals surface area contributed by atoms with Crippen molar-refractivity contribution in [3.8, 4) is 5.75 Å². The van der Waals surface area contributed by atoms with Gasteiger partial charge in [0, 0.05) is 6.54 Å². The van der Waals surface area contributed by atoms with Crippen molar-refractivity contribution >= 4 is 11.4 Å². The highest BCUT2D eigenvalue weighted by molar-refractivity contribution is 5.71. The van der Waals surface area contributed by atoms with Crippen molar-refractivity contribution in [1.29, 1.82) is 0 Å². The minimum atomic E-state index is 0.147. The Morgan fingerprint density at radius 2 is 2.43 bits per heavy atom. The predicted molar refractivity (Wildman–Crippen MR) is 53.1 cm³/mol. The fraction of sp³-hybridized carbons (Fsp3) is 0.400. The van der Waals surface area contributed by atoms with E-state index in [0.29, 0.717) is 5.69 Å². The number of ether oxygens (including phenoxy) is 1. The van der Waals surface area contributed by atoms with Crippen LogP contribution in [0.2, 0.25) is 0 Å². The monoisotopic (exact) mass is 190 g/mol. The third-order valence-corrected chi connectivity index (χ3v) is 2.92. The van der Waals surface area contributed by atoms with Crippen molar-refractivity contribution in [2.45, 2.75) is 12.5 Å². The van der Waals surface area contributed by atoms with Gasteiger partial charge in [-0.25, -0.2) is 0 Å². The smallest absolute Gasteiger partial charge is 0.142 e. The van der Waals surface area contributed by atoms with E-state index in [2.05, 4.69) is 17.0 Å². The van der Waals surface area contributed by atoms with E-state index in [1.54, 1.807) is 12.1 Å². The third-order valence-electron chi connectivity index (χ3n) is 2.92. The highest BCUT2D eigenvalue weighted by Gasteiger charge is 2.52. The molecule has 2 heterocycles. The van der Waals surface area contributed by atoms with Crippen molar-refractivity contribution in [1.82, 2.24) is 0 Å². The van der Waals surface area contributed by atoms with Crippen LogP contribution in [0.4, 0.5) is 11.4 Å². The first-order valence-electron chi connectivity index (χ1n) is 4.61. The number of anilines is 1. The highest BCUT2D eigenvalue weighted by Crippen LogP contribution is 2.48. The van der Waals surface area contributed by atoms with Crippen LogP contribution in [0.1, 0.15) is 6.92 Å². The Balaban J connectivity index is 2.10. The molecule has 4 heteroatoms. The lowest BCUT2D eigenvalue weighted by Crippen LogP contribution is -2.27. The summed E-state index contributed by atoms with van der Waals surface area (Å²) in [5.41, 5.74) is 1.61. The van der Waals surface area contributed by atoms with Crippen LogP contribution in [0, 0.1) is 4.91 Å². The van der Waals surface area contributed by atoms with Crippen LogP contribution in [-0.4, -0.2) is 18.7 Å². The maximum atomic E-state index is 10.4. The summed E-state index contributed by atoms with van der Waals surface area (Å²) in [6, 6.07) is 5.27. The minimum absolute atomic E-state index is 0.147. The molecule has 4 nitrogen and oxygen atoms in total. The number of fused-ring (bicyclic) bond motifs is 3. The van der Waals surface area contributed by atoms with Crippen LogP contribution in [0.3, 0.4) is 0 Å². The Morgan fingerprint density at radius 1 is 1.57 bits per heavy atom. The Labute approximate surface area is 81.4 Å². The second-order valence-corrected chi connectivity index (χ2v) is 4.12. The van der Waals surface area contributed by atoms with Gasteiger partial charge in [-0.05, 0) is 30.3 Å². The minimum Gasteiger partial charge on any atom is -0.489 e. The van der Waals surface area contributed by atoms with E-state index in [0.717, 1.165) is 24.6 Å². The van der Waals surface area contributed by atoms with Crippen LogP contribution < -0.4 is 9.64 Å². The topological polar surface area (TPSA) is 41.7 Å². The molecule has 0 saturated carbocycles. The lowest BCUT2D eigenvalue weighted by atomic mass is 10.1. The molecule has 1 fully saturated rings. The zero-order valence-electron chi connectivity index (χ0n) is 7.86. The molecule has 0 unspecified atom stereocenters. The average Bonchev–Trinajstić information content (AvgIpc) is 2.90. The summed E-state index contributed by atoms with van der Waals surface area (Å²) in [6.45, 7) is 3.88. The van der Waals surface area contributed by atoms with E-state index in [1.807, 2.05) is 6.07 Å². The van der Waals surface area contributed by atoms with E-state index < -0.39 is 0 Å². The third kappa shape index (κ3) is 0.880. The predicted octanol–water partition coefficient (Wildman–Crippen LogP) is 2.06. The van der Waals surface area contributed by atoms with Gasteiger partial charge in [-0.15, -0.1) is 4.91 Å². The van der Waals surface area contributed by atoms with Crippen LogP contribution in [0.25, 0.3) is 0 Å². The van der Waals surface area contributed by atoms with E-state index in [-0.39, 0.29) is 5.54 Å². The molecule has 3 rings (SSSR count). The zero-order valence-corrected chi connectivity index (χ0v) is 7.86. The van der Waals surface area contributed by atoms with Crippen molar-refractivity contribution < 1.29 is 4.74 Å². The first-order chi connectivity index (χ1) is 6.73. The maximum Gasteiger partial charge on any atom is 0.142 e. The molecule has 2 aliphatic heterocycles. The molecule has 1 aromatic rings. The lowest BCUT2D eigenvalue weighted by molar-refractivity contribution is 0.277. The summed E-state index contributed by atoms with van der Waals surface area (Å²) in [6.07, 6.45) is 0. The molecule has 0 radical (unpaired) electrons. The first kappa shape index (κ1) is 7.79. The van der Waals surface area contributed by atoms with Crippen LogP contribution in [-0.2, 0) is 0 Å². The second-order valence-electron chi connectivity index (χ2n) is 4.12. The van der Waals surface area contributed by atoms with E-state index in [1.165, 1.54) is 0 Å². The summed E-state index contributed by atoms with van der Waals surface area (Å²) in [7, 11) is 0. The van der Waals surface area contributed by atoms with Crippen molar-refractivity contribution in [2.24, 2.45) is 5.18 Å². The largest absolute Gasteiger partial charge is 0.489 e. The van der Waals surface area contributed by atoms with Gasteiger partial charge in [0.1, 0.15) is 18.0 Å². The van der Waals surface area contributed by atoms with Gasteiger partial charge in [-0.3, -0.25) is 0 Å². The molecular weight excluding hydrogens is 180 g/mol. The Hall–Kier alpha value is -1.58. The molecule has 2 aliphatic rings. The van der Waals surface area contributed by atoms with Crippen molar-refractivity contribution in [3.63, 3.8) is 0 Å². The van der Waals surface area contributed by atoms with Crippen molar-refractivity contribution in [3.05, 3.63) is 23.1 Å². The molecule has 14 heavy (non-hydrogen) atoms. The second kappa shape index (κ2) is 2.26. The number of rotatable bonds is 1. The molecule has 0 aromatic heterocycles. The normalized spacial score (nSPS) is 27.4. The Bertz CT molecular complexity index is 419. The first-order valence-corrected chi connectivity index (χ1v) is 4.61. The fourth-order valence-electron chi connectivity index (χ4n) is 1.93. The zero-order chi connectivity index (χ0) is 9.76. The molecule has 1 saturated heterocycles. The Morgan fingerprint density at radius 3 is 3.21 bits per heavy atom. The maximum absolute atomic E-state index is 10.4. The number of nitrogens with zero attached hydrogens (tertiary/aromatic N) is 2. The summed E-state index contributed by atoms with van der Waals surface area (Å²) in [4.78, 5) is 12.6. The van der Waals surface area contributed by atoms with Gasteiger partial charge in [0.2, 0.25) is 0 Å². The molecule has 1 atom stereocenters. The van der Waals surface area contributed by atoms with Crippen LogP contribution in [0.5, 0.6) is 5.75 Å². The van der Waals surface area contributed by atoms with Crippen LogP contribution >= 0.6 is 0 Å². The molecule has 0 bridgehead atoms. The van der Waals surface area contributed by atoms with E-state index in [4.69, 9.17) is 4.74 Å². The van der Waals surface area contributed by atoms with Gasteiger partial charge in [-0.1, -0.05) is 0 Å². The van der Waals surface area contributed by atoms with Gasteiger partial charge in [0.15, 0.2) is 0 Å². The summed E-state index contributed by atoms with van der Waals surface area (Å²) in [5, 5.41) is 2.92. The summed E-state index contributed by atoms with van der Waals surface area (Å²) >= 11 is 0. The molecular formula is C10H10N2O2. The molecule has 0 aliphatic carbocycles. The average molecular weight is 190 g/mol. The standard InChI is InChI=1S/C10H10N2O2/c1-10-5-12(10)8-4-7(11-13)2-3-9(8)14-6-10/h2-4H,5-6H2,1H3/t10-,12?/m1/s1. The van der Waals surface area contributed by atoms with E-state index in [9.17, 15) is 4.91 Å². The van der Waals surface area contributed by atoms with Gasteiger partial charge in [-0.2, -0.15) is 0 Å². The molecule has 0 spiro atoms. The lowest BCUT2D eigenvalue weighted by Gasteiger charge is -2.23. The number of hydrogen-bond acceptors (Lipinski definition) is 4. The quantitative estimate of drug-likeness (QED) is 0.502. The van der Waals surface area contributed by atoms with E-state index >= 15 is 0 Å². The molecule has 0 amide bonds. The molecule has 1 aromatic carbocycles. The number of nitroso groups, excluding NO2 is 1. The highest BCUT2D eigenvalue weighted by atomic mass is 16.5. The van der Waals surface area contributed by atoms with Crippen LogP contribution in [0.15, 0.2) is 23.4 Å². The fourth-order valence-corrected chi connectivity index (χ4v) is 1.93. The summed E-state index contributed by atoms with van der Waals surface area (Å²) in [5.74, 6) is 0.854. The molecule has 72 valence electrons. The number of benzene rings is 1. The summed E-state index contributed by atoms with van der Waals surface area (Å²) < 4.78 is 5.59. The van der Waals surface area contributed by atoms with Crippen molar-refractivity contribution in [2.75, 3.05) is 18.1 Å². The van der Waals surface area contributed by atoms with Gasteiger partial charge >= 0.3 is 0 Å². The Kier molecular flexibility index (Phi) is 1.26. The SMILES string of the molecule is C[C@@]12COc3ccc(N=O)cc3N1C2.